The number of aryl methyl sites for hydroxylation is 2. The van der Waals surface area contributed by atoms with Gasteiger partial charge in [0.15, 0.2) is 0 Å². The van der Waals surface area contributed by atoms with Gasteiger partial charge < -0.3 is 9.47 Å². The third-order valence-corrected chi connectivity index (χ3v) is 2.92. The van der Waals surface area contributed by atoms with Crippen molar-refractivity contribution in [2.75, 3.05) is 0 Å². The fourth-order valence-electron chi connectivity index (χ4n) is 1.70. The molecule has 0 N–H and O–H groups in total. The molecule has 0 bridgehead atoms. The molecule has 0 heterocycles. The van der Waals surface area contributed by atoms with E-state index in [0.717, 1.165) is 11.5 Å². The summed E-state index contributed by atoms with van der Waals surface area (Å²) in [6.45, 7) is 5.97. The van der Waals surface area contributed by atoms with Crippen LogP contribution in [-0.2, 0) is 0 Å². The van der Waals surface area contributed by atoms with Gasteiger partial charge in [-0.15, -0.1) is 12.4 Å². The molecule has 2 aromatic carbocycles. The van der Waals surface area contributed by atoms with E-state index < -0.39 is 5.53 Å². The van der Waals surface area contributed by atoms with Crippen molar-refractivity contribution in [2.45, 2.75) is 26.3 Å². The minimum atomic E-state index is -0.787. The van der Waals surface area contributed by atoms with Crippen LogP contribution in [0.2, 0.25) is 0 Å². The Morgan fingerprint density at radius 1 is 0.750 bits per heavy atom. The maximum atomic E-state index is 5.83. The van der Waals surface area contributed by atoms with E-state index in [0.29, 0.717) is 0 Å². The highest BCUT2D eigenvalue weighted by Crippen LogP contribution is 2.28. The topological polar surface area (TPSA) is 18.5 Å². The Bertz CT molecular complexity index is 486. The summed E-state index contributed by atoms with van der Waals surface area (Å²) in [5, 5.41) is 0. The predicted molar refractivity (Wildman–Crippen MR) is 89.0 cm³/mol. The molecule has 1 unspecified atom stereocenters. The van der Waals surface area contributed by atoms with E-state index in [9.17, 15) is 0 Å². The number of ether oxygens (including phenoxy) is 2. The fraction of sp³-hybridized carbons (Fsp3) is 0.250. The standard InChI is InChI=1S/C16H19O2P.ClH/c1-12-4-8-14(9-5-12)17-16(3,19)18-15-10-6-13(2)7-11-15;/h4-11H,19H2,1-3H3;1H. The van der Waals surface area contributed by atoms with Crippen LogP contribution in [-0.4, -0.2) is 5.53 Å². The van der Waals surface area contributed by atoms with Crippen molar-refractivity contribution in [3.05, 3.63) is 59.7 Å². The summed E-state index contributed by atoms with van der Waals surface area (Å²) in [4.78, 5) is 0. The first kappa shape index (κ1) is 16.8. The Kier molecular flexibility index (Phi) is 5.86. The fourth-order valence-corrected chi connectivity index (χ4v) is 1.97. The molecule has 0 aromatic heterocycles. The Morgan fingerprint density at radius 3 is 1.35 bits per heavy atom. The van der Waals surface area contributed by atoms with Gasteiger partial charge in [-0.1, -0.05) is 35.4 Å². The lowest BCUT2D eigenvalue weighted by Crippen LogP contribution is -2.31. The summed E-state index contributed by atoms with van der Waals surface area (Å²) in [5.41, 5.74) is 1.62. The summed E-state index contributed by atoms with van der Waals surface area (Å²) in [5.74, 6) is 1.57. The predicted octanol–water partition coefficient (Wildman–Crippen LogP) is 4.73. The zero-order valence-electron chi connectivity index (χ0n) is 11.9. The molecule has 20 heavy (non-hydrogen) atoms. The average molecular weight is 311 g/mol. The van der Waals surface area contributed by atoms with Crippen molar-refractivity contribution in [3.8, 4) is 11.5 Å². The van der Waals surface area contributed by atoms with E-state index in [4.69, 9.17) is 9.47 Å². The van der Waals surface area contributed by atoms with Gasteiger partial charge in [0.2, 0.25) is 0 Å². The van der Waals surface area contributed by atoms with Gasteiger partial charge in [0, 0.05) is 6.92 Å². The number of hydrogen-bond donors (Lipinski definition) is 0. The molecular formula is C16H20ClO2P. The van der Waals surface area contributed by atoms with Gasteiger partial charge >= 0.3 is 0 Å². The third kappa shape index (κ3) is 5.03. The summed E-state index contributed by atoms with van der Waals surface area (Å²) in [6.07, 6.45) is 0. The SMILES string of the molecule is Cc1ccc(OC(C)(P)Oc2ccc(C)cc2)cc1.Cl. The Hall–Kier alpha value is -1.24. The van der Waals surface area contributed by atoms with Crippen LogP contribution >= 0.6 is 21.6 Å². The molecule has 0 aliphatic rings. The highest BCUT2D eigenvalue weighted by atomic mass is 35.5. The molecule has 0 aliphatic heterocycles. The first-order chi connectivity index (χ1) is 8.94. The minimum Gasteiger partial charge on any atom is -0.450 e. The molecule has 0 radical (unpaired) electrons. The molecule has 0 saturated heterocycles. The van der Waals surface area contributed by atoms with Gasteiger partial charge in [0.1, 0.15) is 11.5 Å². The second-order valence-corrected chi connectivity index (χ2v) is 5.89. The maximum Gasteiger partial charge on any atom is 0.259 e. The number of benzene rings is 2. The Morgan fingerprint density at radius 2 is 1.05 bits per heavy atom. The Balaban J connectivity index is 0.00000200. The van der Waals surface area contributed by atoms with Crippen LogP contribution < -0.4 is 9.47 Å². The maximum absolute atomic E-state index is 5.83. The van der Waals surface area contributed by atoms with Crippen LogP contribution in [0.15, 0.2) is 48.5 Å². The lowest BCUT2D eigenvalue weighted by atomic mass is 10.2. The van der Waals surface area contributed by atoms with Crippen LogP contribution in [0.3, 0.4) is 0 Å². The van der Waals surface area contributed by atoms with Gasteiger partial charge in [-0.25, -0.2) is 0 Å². The molecule has 2 nitrogen and oxygen atoms in total. The lowest BCUT2D eigenvalue weighted by Gasteiger charge is -2.27. The number of hydrogen-bond acceptors (Lipinski definition) is 2. The summed E-state index contributed by atoms with van der Waals surface area (Å²) < 4.78 is 11.7. The third-order valence-electron chi connectivity index (χ3n) is 2.68. The van der Waals surface area contributed by atoms with Crippen LogP contribution in [0.5, 0.6) is 11.5 Å². The van der Waals surface area contributed by atoms with Gasteiger partial charge in [-0.2, -0.15) is 0 Å². The van der Waals surface area contributed by atoms with Crippen LogP contribution in [0.4, 0.5) is 0 Å². The first-order valence-corrected chi connectivity index (χ1v) is 6.83. The normalized spacial score (nSPS) is 10.6. The lowest BCUT2D eigenvalue weighted by molar-refractivity contribution is -0.0140. The van der Waals surface area contributed by atoms with E-state index in [-0.39, 0.29) is 12.4 Å². The van der Waals surface area contributed by atoms with E-state index in [1.54, 1.807) is 0 Å². The van der Waals surface area contributed by atoms with Crippen molar-refractivity contribution in [3.63, 3.8) is 0 Å². The van der Waals surface area contributed by atoms with Crippen molar-refractivity contribution >= 4 is 21.6 Å². The van der Waals surface area contributed by atoms with Crippen LogP contribution in [0, 0.1) is 13.8 Å². The van der Waals surface area contributed by atoms with E-state index in [1.165, 1.54) is 11.1 Å². The highest BCUT2D eigenvalue weighted by molar-refractivity contribution is 7.18. The van der Waals surface area contributed by atoms with Crippen molar-refractivity contribution in [1.82, 2.24) is 0 Å². The molecule has 0 spiro atoms. The zero-order chi connectivity index (χ0) is 13.9. The molecule has 2 rings (SSSR count). The minimum absolute atomic E-state index is 0. The second-order valence-electron chi connectivity index (χ2n) is 4.85. The summed E-state index contributed by atoms with van der Waals surface area (Å²) in [7, 11) is 2.59. The van der Waals surface area contributed by atoms with Crippen LogP contribution in [0.1, 0.15) is 18.1 Å². The second kappa shape index (κ2) is 6.97. The van der Waals surface area contributed by atoms with Crippen LogP contribution in [0.25, 0.3) is 0 Å². The van der Waals surface area contributed by atoms with Crippen molar-refractivity contribution in [2.24, 2.45) is 0 Å². The molecule has 1 atom stereocenters. The van der Waals surface area contributed by atoms with Gasteiger partial charge in [0.25, 0.3) is 5.53 Å². The number of halogens is 1. The van der Waals surface area contributed by atoms with Crippen molar-refractivity contribution in [1.29, 1.82) is 0 Å². The smallest absolute Gasteiger partial charge is 0.259 e. The van der Waals surface area contributed by atoms with E-state index >= 15 is 0 Å². The first-order valence-electron chi connectivity index (χ1n) is 6.25. The molecule has 0 saturated carbocycles. The van der Waals surface area contributed by atoms with E-state index in [1.807, 2.05) is 69.3 Å². The van der Waals surface area contributed by atoms with Gasteiger partial charge in [0.05, 0.1) is 0 Å². The van der Waals surface area contributed by atoms with Crippen molar-refractivity contribution < 1.29 is 9.47 Å². The van der Waals surface area contributed by atoms with Gasteiger partial charge in [-0.05, 0) is 47.4 Å². The monoisotopic (exact) mass is 310 g/mol. The van der Waals surface area contributed by atoms with E-state index in [2.05, 4.69) is 9.24 Å². The molecule has 2 aromatic rings. The molecule has 0 fully saturated rings. The average Bonchev–Trinajstić information content (AvgIpc) is 2.34. The Labute approximate surface area is 129 Å². The summed E-state index contributed by atoms with van der Waals surface area (Å²) in [6, 6.07) is 15.8. The molecular weight excluding hydrogens is 291 g/mol. The molecule has 0 aliphatic carbocycles. The molecule has 108 valence electrons. The highest BCUT2D eigenvalue weighted by Gasteiger charge is 2.21. The summed E-state index contributed by atoms with van der Waals surface area (Å²) >= 11 is 0. The molecule has 0 amide bonds. The number of rotatable bonds is 4. The molecule has 4 heteroatoms. The largest absolute Gasteiger partial charge is 0.450 e. The van der Waals surface area contributed by atoms with Gasteiger partial charge in [-0.3, -0.25) is 0 Å². The zero-order valence-corrected chi connectivity index (χ0v) is 13.9. The quantitative estimate of drug-likeness (QED) is 0.600.